The van der Waals surface area contributed by atoms with Crippen molar-refractivity contribution in [2.24, 2.45) is 5.10 Å². The van der Waals surface area contributed by atoms with Crippen molar-refractivity contribution in [1.29, 1.82) is 0 Å². The van der Waals surface area contributed by atoms with Crippen molar-refractivity contribution in [2.45, 2.75) is 26.3 Å². The topological polar surface area (TPSA) is 36.4 Å². The Kier molecular flexibility index (Phi) is 7.48. The number of rotatable bonds is 6. The Balaban J connectivity index is 2.18. The average Bonchev–Trinajstić information content (AvgIpc) is 2.41. The molecule has 0 saturated heterocycles. The van der Waals surface area contributed by atoms with Crippen LogP contribution >= 0.6 is 12.2 Å². The number of hydrogen-bond donors (Lipinski definition) is 2. The minimum atomic E-state index is 0.527. The Hall–Kier alpha value is -1.68. The molecule has 4 heteroatoms. The van der Waals surface area contributed by atoms with Crippen LogP contribution < -0.4 is 10.7 Å². The minimum absolute atomic E-state index is 0.527. The fraction of sp³-hybridized carbons (Fsp3) is 0.286. The largest absolute Gasteiger partial charge is 0.357 e. The van der Waals surface area contributed by atoms with E-state index in [9.17, 15) is 0 Å². The lowest BCUT2D eigenvalue weighted by Crippen LogP contribution is -2.31. The molecule has 0 heterocycles. The fourth-order valence-corrected chi connectivity index (χ4v) is 1.41. The predicted molar refractivity (Wildman–Crippen MR) is 81.6 cm³/mol. The van der Waals surface area contributed by atoms with Crippen LogP contribution in [-0.2, 0) is 6.54 Å². The molecular weight excluding hydrogens is 242 g/mol. The van der Waals surface area contributed by atoms with Gasteiger partial charge in [0.15, 0.2) is 5.11 Å². The summed E-state index contributed by atoms with van der Waals surface area (Å²) in [5, 5.41) is 7.60. The molecule has 0 amide bonds. The van der Waals surface area contributed by atoms with Gasteiger partial charge >= 0.3 is 0 Å². The molecule has 0 saturated carbocycles. The number of nitrogens with one attached hydrogen (secondary N) is 2. The zero-order valence-corrected chi connectivity index (χ0v) is 11.4. The van der Waals surface area contributed by atoms with Crippen LogP contribution in [0, 0.1) is 0 Å². The Morgan fingerprint density at radius 2 is 2.11 bits per heavy atom. The van der Waals surface area contributed by atoms with Crippen LogP contribution in [0.3, 0.4) is 0 Å². The van der Waals surface area contributed by atoms with E-state index in [0.29, 0.717) is 11.7 Å². The highest BCUT2D eigenvalue weighted by molar-refractivity contribution is 7.80. The standard InChI is InChI=1S/C14H19N3S/c1-2-3-4-8-11-16-17-14(18)15-12-13-9-6-5-7-10-13/h4-11H,2-3,12H2,1H3,(H2,15,17,18)/b8-4+,16-11+. The van der Waals surface area contributed by atoms with E-state index in [1.54, 1.807) is 6.21 Å². The van der Waals surface area contributed by atoms with Gasteiger partial charge in [0.1, 0.15) is 0 Å². The van der Waals surface area contributed by atoms with Gasteiger partial charge in [0.25, 0.3) is 0 Å². The maximum Gasteiger partial charge on any atom is 0.187 e. The molecule has 0 fully saturated rings. The maximum atomic E-state index is 5.09. The maximum absolute atomic E-state index is 5.09. The van der Waals surface area contributed by atoms with Crippen LogP contribution in [0.4, 0.5) is 0 Å². The van der Waals surface area contributed by atoms with Gasteiger partial charge in [-0.1, -0.05) is 49.8 Å². The van der Waals surface area contributed by atoms with Gasteiger partial charge in [0, 0.05) is 12.8 Å². The van der Waals surface area contributed by atoms with Gasteiger partial charge in [-0.05, 0) is 30.3 Å². The summed E-state index contributed by atoms with van der Waals surface area (Å²) in [6.07, 6.45) is 7.91. The Morgan fingerprint density at radius 1 is 1.33 bits per heavy atom. The SMILES string of the molecule is CCC/C=C/C=N/NC(=S)NCc1ccccc1. The summed E-state index contributed by atoms with van der Waals surface area (Å²) in [6, 6.07) is 10.1. The molecule has 0 bridgehead atoms. The third-order valence-electron chi connectivity index (χ3n) is 2.21. The van der Waals surface area contributed by atoms with Gasteiger partial charge in [-0.2, -0.15) is 5.10 Å². The molecule has 0 spiro atoms. The highest BCUT2D eigenvalue weighted by atomic mass is 32.1. The number of thiocarbonyl (C=S) groups is 1. The Labute approximate surface area is 114 Å². The highest BCUT2D eigenvalue weighted by Gasteiger charge is 1.93. The first-order chi connectivity index (χ1) is 8.83. The summed E-state index contributed by atoms with van der Waals surface area (Å²) >= 11 is 5.09. The van der Waals surface area contributed by atoms with Crippen LogP contribution in [0.5, 0.6) is 0 Å². The van der Waals surface area contributed by atoms with Gasteiger partial charge in [-0.3, -0.25) is 5.43 Å². The third kappa shape index (κ3) is 6.81. The van der Waals surface area contributed by atoms with Crippen LogP contribution in [0.25, 0.3) is 0 Å². The molecule has 0 aliphatic rings. The van der Waals surface area contributed by atoms with E-state index in [2.05, 4.69) is 28.8 Å². The number of hydrogen-bond acceptors (Lipinski definition) is 2. The number of unbranched alkanes of at least 4 members (excludes halogenated alkanes) is 1. The summed E-state index contributed by atoms with van der Waals surface area (Å²) in [5.74, 6) is 0. The van der Waals surface area contributed by atoms with Gasteiger partial charge < -0.3 is 5.32 Å². The van der Waals surface area contributed by atoms with Gasteiger partial charge in [0.2, 0.25) is 0 Å². The zero-order valence-electron chi connectivity index (χ0n) is 10.6. The lowest BCUT2D eigenvalue weighted by Gasteiger charge is -2.06. The highest BCUT2D eigenvalue weighted by Crippen LogP contribution is 1.96. The van der Waals surface area contributed by atoms with Crippen LogP contribution in [0.1, 0.15) is 25.3 Å². The lowest BCUT2D eigenvalue weighted by atomic mass is 10.2. The van der Waals surface area contributed by atoms with E-state index in [-0.39, 0.29) is 0 Å². The monoisotopic (exact) mass is 261 g/mol. The van der Waals surface area contributed by atoms with E-state index in [0.717, 1.165) is 12.8 Å². The summed E-state index contributed by atoms with van der Waals surface area (Å²) in [7, 11) is 0. The van der Waals surface area contributed by atoms with Gasteiger partial charge in [-0.15, -0.1) is 0 Å². The Morgan fingerprint density at radius 3 is 2.83 bits per heavy atom. The summed E-state index contributed by atoms with van der Waals surface area (Å²) in [4.78, 5) is 0. The second kappa shape index (κ2) is 9.36. The molecule has 0 aliphatic carbocycles. The van der Waals surface area contributed by atoms with Crippen molar-refractivity contribution in [2.75, 3.05) is 0 Å². The summed E-state index contributed by atoms with van der Waals surface area (Å²) in [5.41, 5.74) is 3.96. The third-order valence-corrected chi connectivity index (χ3v) is 2.45. The number of hydrazone groups is 1. The fourth-order valence-electron chi connectivity index (χ4n) is 1.28. The Bertz CT molecular complexity index is 399. The van der Waals surface area contributed by atoms with Crippen molar-refractivity contribution in [1.82, 2.24) is 10.7 Å². The lowest BCUT2D eigenvalue weighted by molar-refractivity contribution is 0.869. The number of benzene rings is 1. The van der Waals surface area contributed by atoms with E-state index in [1.807, 2.05) is 36.4 Å². The average molecular weight is 261 g/mol. The summed E-state index contributed by atoms with van der Waals surface area (Å²) in [6.45, 7) is 2.84. The molecule has 18 heavy (non-hydrogen) atoms. The van der Waals surface area contributed by atoms with Gasteiger partial charge in [0.05, 0.1) is 0 Å². The van der Waals surface area contributed by atoms with Crippen LogP contribution in [0.2, 0.25) is 0 Å². The molecule has 0 radical (unpaired) electrons. The number of allylic oxidation sites excluding steroid dienone is 2. The molecule has 96 valence electrons. The molecule has 0 atom stereocenters. The quantitative estimate of drug-likeness (QED) is 0.469. The van der Waals surface area contributed by atoms with Crippen molar-refractivity contribution in [3.8, 4) is 0 Å². The first-order valence-corrected chi connectivity index (χ1v) is 6.49. The van der Waals surface area contributed by atoms with Crippen molar-refractivity contribution in [3.05, 3.63) is 48.0 Å². The molecule has 1 rings (SSSR count). The first-order valence-electron chi connectivity index (χ1n) is 6.09. The number of nitrogens with zero attached hydrogens (tertiary/aromatic N) is 1. The van der Waals surface area contributed by atoms with Crippen molar-refractivity contribution < 1.29 is 0 Å². The molecule has 0 aromatic heterocycles. The molecule has 1 aromatic rings. The zero-order chi connectivity index (χ0) is 13.1. The van der Waals surface area contributed by atoms with Gasteiger partial charge in [-0.25, -0.2) is 0 Å². The van der Waals surface area contributed by atoms with Crippen molar-refractivity contribution >= 4 is 23.5 Å². The minimum Gasteiger partial charge on any atom is -0.357 e. The van der Waals surface area contributed by atoms with E-state index < -0.39 is 0 Å². The summed E-state index contributed by atoms with van der Waals surface area (Å²) < 4.78 is 0. The molecule has 0 unspecified atom stereocenters. The van der Waals surface area contributed by atoms with E-state index in [4.69, 9.17) is 12.2 Å². The molecule has 3 nitrogen and oxygen atoms in total. The molecular formula is C14H19N3S. The van der Waals surface area contributed by atoms with E-state index in [1.165, 1.54) is 5.56 Å². The first kappa shape index (κ1) is 14.4. The van der Waals surface area contributed by atoms with Crippen LogP contribution in [0.15, 0.2) is 47.6 Å². The molecule has 0 aliphatic heterocycles. The van der Waals surface area contributed by atoms with E-state index >= 15 is 0 Å². The molecule has 1 aromatic carbocycles. The smallest absolute Gasteiger partial charge is 0.187 e. The molecule has 2 N–H and O–H groups in total. The second-order valence-electron chi connectivity index (χ2n) is 3.78. The predicted octanol–water partition coefficient (Wildman–Crippen LogP) is 2.99. The van der Waals surface area contributed by atoms with Crippen molar-refractivity contribution in [3.63, 3.8) is 0 Å². The van der Waals surface area contributed by atoms with Crippen LogP contribution in [-0.4, -0.2) is 11.3 Å². The normalized spacial score (nSPS) is 10.9. The second-order valence-corrected chi connectivity index (χ2v) is 4.18.